The summed E-state index contributed by atoms with van der Waals surface area (Å²) in [6, 6.07) is 2.23. The van der Waals surface area contributed by atoms with Gasteiger partial charge in [-0.2, -0.15) is 0 Å². The lowest BCUT2D eigenvalue weighted by Gasteiger charge is -1.87. The van der Waals surface area contributed by atoms with Crippen LogP contribution in [0.4, 0.5) is 0 Å². The van der Waals surface area contributed by atoms with Crippen LogP contribution in [0.25, 0.3) is 0 Å². The van der Waals surface area contributed by atoms with E-state index in [4.69, 9.17) is 15.7 Å². The molecule has 0 saturated heterocycles. The second-order valence-corrected chi connectivity index (χ2v) is 2.15. The zero-order valence-electron chi connectivity index (χ0n) is 8.17. The smallest absolute Gasteiger partial charge is 0.0159 e. The Balaban J connectivity index is 0. The molecular weight excluding hydrogens is 180 g/mol. The van der Waals surface area contributed by atoms with Gasteiger partial charge in [0.05, 0.1) is 0 Å². The van der Waals surface area contributed by atoms with Crippen molar-refractivity contribution in [3.05, 3.63) is 22.2 Å². The van der Waals surface area contributed by atoms with E-state index in [0.717, 1.165) is 19.3 Å². The summed E-state index contributed by atoms with van der Waals surface area (Å²) in [7, 11) is 1.88. The molecule has 0 radical (unpaired) electrons. The molecule has 4 nitrogen and oxygen atoms in total. The summed E-state index contributed by atoms with van der Waals surface area (Å²) in [5, 5.41) is 2.92. The minimum Gasteiger partial charge on any atom is -0.394 e. The van der Waals surface area contributed by atoms with E-state index in [2.05, 4.69) is 35.2 Å². The molecule has 0 aromatic rings. The fourth-order valence-electron chi connectivity index (χ4n) is 0.652. The first-order valence-electron chi connectivity index (χ1n) is 4.09. The van der Waals surface area contributed by atoms with Crippen LogP contribution in [0, 0.1) is 33.7 Å². The van der Waals surface area contributed by atoms with E-state index in [1.54, 1.807) is 0 Å². The SMILES string of the molecule is CNC=CCCCC#CC#CN.O=O. The van der Waals surface area contributed by atoms with Crippen LogP contribution in [-0.4, -0.2) is 7.05 Å². The maximum absolute atomic E-state index is 7.00. The van der Waals surface area contributed by atoms with E-state index in [1.165, 1.54) is 0 Å². The molecule has 0 bridgehead atoms. The molecule has 0 rings (SSSR count). The first-order valence-corrected chi connectivity index (χ1v) is 4.09. The molecule has 14 heavy (non-hydrogen) atoms. The number of nitrogens with two attached hydrogens (primary N) is 1. The Morgan fingerprint density at radius 1 is 1.36 bits per heavy atom. The predicted octanol–water partition coefficient (Wildman–Crippen LogP) is 0.880. The summed E-state index contributed by atoms with van der Waals surface area (Å²) < 4.78 is 0. The van der Waals surface area contributed by atoms with Gasteiger partial charge in [-0.05, 0) is 25.0 Å². The lowest BCUT2D eigenvalue weighted by atomic mass is 10.2. The minimum atomic E-state index is 0.878. The molecule has 0 aromatic heterocycles. The Morgan fingerprint density at radius 2 is 2.07 bits per heavy atom. The third-order valence-electron chi connectivity index (χ3n) is 1.18. The Kier molecular flexibility index (Phi) is 17.9. The summed E-state index contributed by atoms with van der Waals surface area (Å²) in [5.41, 5.74) is 4.93. The van der Waals surface area contributed by atoms with Gasteiger partial charge < -0.3 is 11.1 Å². The van der Waals surface area contributed by atoms with Gasteiger partial charge in [0.1, 0.15) is 0 Å². The molecule has 0 atom stereocenters. The molecule has 0 heterocycles. The molecule has 0 aliphatic carbocycles. The fourth-order valence-corrected chi connectivity index (χ4v) is 0.652. The largest absolute Gasteiger partial charge is 0.394 e. The highest BCUT2D eigenvalue weighted by atomic mass is 16.7. The van der Waals surface area contributed by atoms with Crippen molar-refractivity contribution < 1.29 is 0 Å². The second kappa shape index (κ2) is 17.2. The van der Waals surface area contributed by atoms with Gasteiger partial charge in [-0.15, -0.1) is 0 Å². The van der Waals surface area contributed by atoms with E-state index in [9.17, 15) is 0 Å². The number of rotatable bonds is 4. The normalized spacial score (nSPS) is 7.21. The van der Waals surface area contributed by atoms with Gasteiger partial charge in [0.15, 0.2) is 0 Å². The average Bonchev–Trinajstić information content (AvgIpc) is 2.25. The standard InChI is InChI=1S/C10H14N2.O2/c1-12-10-8-6-4-2-3-5-7-9-11;1-2/h8,10,12H,2,4,6,11H2,1H3;. The molecule has 0 amide bonds. The summed E-state index contributed by atoms with van der Waals surface area (Å²) in [4.78, 5) is 14.0. The predicted molar refractivity (Wildman–Crippen MR) is 58.5 cm³/mol. The summed E-state index contributed by atoms with van der Waals surface area (Å²) in [6.07, 6.45) is 7.00. The Labute approximate surface area is 84.2 Å². The highest BCUT2D eigenvalue weighted by molar-refractivity contribution is 5.24. The molecule has 0 aromatic carbocycles. The van der Waals surface area contributed by atoms with Crippen LogP contribution in [0.1, 0.15) is 19.3 Å². The Bertz CT molecular complexity index is 253. The monoisotopic (exact) mass is 194 g/mol. The number of nitrogens with one attached hydrogen (secondary N) is 1. The first kappa shape index (κ1) is 14.6. The summed E-state index contributed by atoms with van der Waals surface area (Å²) in [5.74, 6) is 8.04. The van der Waals surface area contributed by atoms with Crippen LogP contribution in [0.5, 0.6) is 0 Å². The van der Waals surface area contributed by atoms with E-state index in [0.29, 0.717) is 0 Å². The van der Waals surface area contributed by atoms with Crippen molar-refractivity contribution in [2.24, 2.45) is 5.73 Å². The Hall–Kier alpha value is -1.94. The van der Waals surface area contributed by atoms with Gasteiger partial charge in [-0.3, -0.25) is 0 Å². The molecule has 3 N–H and O–H groups in total. The van der Waals surface area contributed by atoms with Crippen molar-refractivity contribution >= 4 is 0 Å². The van der Waals surface area contributed by atoms with Crippen LogP contribution < -0.4 is 11.1 Å². The number of allylic oxidation sites excluding steroid dienone is 1. The van der Waals surface area contributed by atoms with Gasteiger partial charge >= 0.3 is 0 Å². The molecule has 0 aliphatic heterocycles. The van der Waals surface area contributed by atoms with Crippen molar-refractivity contribution in [1.82, 2.24) is 5.32 Å². The molecule has 0 fully saturated rings. The van der Waals surface area contributed by atoms with Crippen molar-refractivity contribution in [2.45, 2.75) is 19.3 Å². The molecule has 0 unspecified atom stereocenters. The highest BCUT2D eigenvalue weighted by Crippen LogP contribution is 1.93. The first-order chi connectivity index (χ1) is 6.91. The second-order valence-electron chi connectivity index (χ2n) is 2.15. The van der Waals surface area contributed by atoms with E-state index >= 15 is 0 Å². The van der Waals surface area contributed by atoms with Crippen LogP contribution in [0.3, 0.4) is 0 Å². The van der Waals surface area contributed by atoms with Gasteiger partial charge in [0, 0.05) is 35.4 Å². The van der Waals surface area contributed by atoms with Crippen molar-refractivity contribution in [3.63, 3.8) is 0 Å². The molecule has 0 spiro atoms. The number of hydrogen-bond acceptors (Lipinski definition) is 4. The fraction of sp³-hybridized carbons (Fsp3) is 0.400. The van der Waals surface area contributed by atoms with Crippen LogP contribution >= 0.6 is 0 Å². The van der Waals surface area contributed by atoms with Crippen molar-refractivity contribution in [2.75, 3.05) is 7.05 Å². The maximum Gasteiger partial charge on any atom is 0.0159 e. The van der Waals surface area contributed by atoms with E-state index in [1.807, 2.05) is 13.2 Å². The molecule has 4 heteroatoms. The molecular formula is C10H14N2O2. The van der Waals surface area contributed by atoms with Gasteiger partial charge in [-0.1, -0.05) is 12.0 Å². The zero-order valence-corrected chi connectivity index (χ0v) is 8.17. The maximum atomic E-state index is 7.00. The summed E-state index contributed by atoms with van der Waals surface area (Å²) >= 11 is 0. The van der Waals surface area contributed by atoms with E-state index in [-0.39, 0.29) is 0 Å². The van der Waals surface area contributed by atoms with Gasteiger partial charge in [0.25, 0.3) is 0 Å². The average molecular weight is 194 g/mol. The quantitative estimate of drug-likeness (QED) is 0.396. The van der Waals surface area contributed by atoms with Crippen LogP contribution in [-0.2, 0) is 0 Å². The molecule has 0 saturated carbocycles. The third kappa shape index (κ3) is 16.6. The molecule has 76 valence electrons. The molecule has 0 aliphatic rings. The lowest BCUT2D eigenvalue weighted by molar-refractivity contribution is 0.877. The number of hydrogen-bond donors (Lipinski definition) is 2. The Morgan fingerprint density at radius 3 is 2.64 bits per heavy atom. The summed E-state index contributed by atoms with van der Waals surface area (Å²) in [6.45, 7) is 0. The van der Waals surface area contributed by atoms with Crippen molar-refractivity contribution in [1.29, 1.82) is 0 Å². The number of unbranched alkanes of at least 4 members (excludes halogenated alkanes) is 2. The van der Waals surface area contributed by atoms with Gasteiger partial charge in [0.2, 0.25) is 0 Å². The topological polar surface area (TPSA) is 72.2 Å². The minimum absolute atomic E-state index is 0.878. The lowest BCUT2D eigenvalue weighted by Crippen LogP contribution is -1.90. The zero-order chi connectivity index (χ0) is 11.1. The van der Waals surface area contributed by atoms with Crippen LogP contribution in [0.2, 0.25) is 0 Å². The van der Waals surface area contributed by atoms with Gasteiger partial charge in [-0.25, -0.2) is 0 Å². The van der Waals surface area contributed by atoms with E-state index < -0.39 is 0 Å². The van der Waals surface area contributed by atoms with Crippen LogP contribution in [0.15, 0.2) is 12.3 Å². The third-order valence-corrected chi connectivity index (χ3v) is 1.18. The van der Waals surface area contributed by atoms with Crippen molar-refractivity contribution in [3.8, 4) is 23.8 Å². The highest BCUT2D eigenvalue weighted by Gasteiger charge is 1.78.